The Hall–Kier alpha value is -3.14. The van der Waals surface area contributed by atoms with Crippen LogP contribution >= 0.6 is 0 Å². The second-order valence-corrected chi connectivity index (χ2v) is 5.33. The van der Waals surface area contributed by atoms with E-state index in [4.69, 9.17) is 4.74 Å². The quantitative estimate of drug-likeness (QED) is 0.768. The Morgan fingerprint density at radius 2 is 1.96 bits per heavy atom. The van der Waals surface area contributed by atoms with Gasteiger partial charge >= 0.3 is 6.09 Å². The first kappa shape index (κ1) is 15.7. The molecule has 0 radical (unpaired) electrons. The normalized spacial score (nSPS) is 10.8. The van der Waals surface area contributed by atoms with E-state index in [1.165, 1.54) is 0 Å². The maximum absolute atomic E-state index is 11.6. The number of nitrogens with one attached hydrogen (secondary N) is 1. The number of pyridine rings is 1. The summed E-state index contributed by atoms with van der Waals surface area (Å²) in [4.78, 5) is 15.7. The fourth-order valence-electron chi connectivity index (χ4n) is 2.32. The molecular weight excluding hydrogens is 300 g/mol. The summed E-state index contributed by atoms with van der Waals surface area (Å²) in [5, 5.41) is 4.95. The van der Waals surface area contributed by atoms with Crippen LogP contribution in [0.3, 0.4) is 0 Å². The Labute approximate surface area is 140 Å². The van der Waals surface area contributed by atoms with Crippen LogP contribution in [-0.2, 0) is 11.3 Å². The predicted molar refractivity (Wildman–Crippen MR) is 95.4 cm³/mol. The van der Waals surface area contributed by atoms with Crippen molar-refractivity contribution in [3.05, 3.63) is 84.2 Å². The van der Waals surface area contributed by atoms with Crippen molar-refractivity contribution in [2.75, 3.05) is 6.54 Å². The topological polar surface area (TPSA) is 51.2 Å². The van der Waals surface area contributed by atoms with Crippen molar-refractivity contribution in [2.45, 2.75) is 6.61 Å². The van der Waals surface area contributed by atoms with E-state index in [9.17, 15) is 4.79 Å². The molecule has 0 aliphatic heterocycles. The molecule has 1 heterocycles. The molecule has 1 N–H and O–H groups in total. The maximum Gasteiger partial charge on any atom is 0.407 e. The summed E-state index contributed by atoms with van der Waals surface area (Å²) >= 11 is 0. The lowest BCUT2D eigenvalue weighted by molar-refractivity contribution is 0.141. The van der Waals surface area contributed by atoms with Gasteiger partial charge in [0.25, 0.3) is 0 Å². The zero-order valence-electron chi connectivity index (χ0n) is 13.2. The zero-order chi connectivity index (χ0) is 16.6. The summed E-state index contributed by atoms with van der Waals surface area (Å²) in [7, 11) is 0. The summed E-state index contributed by atoms with van der Waals surface area (Å²) in [5.41, 5.74) is 2.04. The van der Waals surface area contributed by atoms with Gasteiger partial charge in [0.05, 0.1) is 0 Å². The van der Waals surface area contributed by atoms with Crippen LogP contribution in [-0.4, -0.2) is 17.6 Å². The van der Waals surface area contributed by atoms with Crippen molar-refractivity contribution in [1.82, 2.24) is 10.3 Å². The van der Waals surface area contributed by atoms with E-state index in [-0.39, 0.29) is 6.61 Å². The van der Waals surface area contributed by atoms with E-state index in [0.717, 1.165) is 21.9 Å². The predicted octanol–water partition coefficient (Wildman–Crippen LogP) is 4.17. The summed E-state index contributed by atoms with van der Waals surface area (Å²) in [6, 6.07) is 17.7. The summed E-state index contributed by atoms with van der Waals surface area (Å²) in [6.45, 7) is 0.692. The van der Waals surface area contributed by atoms with Crippen molar-refractivity contribution in [2.24, 2.45) is 0 Å². The molecular formula is C20H18N2O2. The number of hydrogen-bond donors (Lipinski definition) is 1. The molecule has 1 aromatic heterocycles. The third-order valence-corrected chi connectivity index (χ3v) is 3.55. The highest BCUT2D eigenvalue weighted by Crippen LogP contribution is 2.15. The van der Waals surface area contributed by atoms with Gasteiger partial charge < -0.3 is 10.1 Å². The average molecular weight is 318 g/mol. The van der Waals surface area contributed by atoms with Crippen molar-refractivity contribution in [3.63, 3.8) is 0 Å². The molecule has 4 nitrogen and oxygen atoms in total. The molecule has 2 aromatic carbocycles. The largest absolute Gasteiger partial charge is 0.445 e. The van der Waals surface area contributed by atoms with Crippen LogP contribution in [0.2, 0.25) is 0 Å². The number of hydrogen-bond acceptors (Lipinski definition) is 3. The molecule has 1 amide bonds. The molecule has 0 aliphatic rings. The first-order valence-electron chi connectivity index (χ1n) is 7.76. The van der Waals surface area contributed by atoms with Gasteiger partial charge in [-0.1, -0.05) is 54.6 Å². The van der Waals surface area contributed by atoms with Gasteiger partial charge in [0, 0.05) is 24.3 Å². The van der Waals surface area contributed by atoms with E-state index in [0.29, 0.717) is 6.54 Å². The average Bonchev–Trinajstić information content (AvgIpc) is 2.64. The van der Waals surface area contributed by atoms with Gasteiger partial charge in [-0.2, -0.15) is 0 Å². The highest BCUT2D eigenvalue weighted by atomic mass is 16.5. The second kappa shape index (κ2) is 7.92. The Kier molecular flexibility index (Phi) is 5.20. The number of fused-ring (bicyclic) bond motifs is 1. The Bertz CT molecular complexity index is 844. The third-order valence-electron chi connectivity index (χ3n) is 3.55. The SMILES string of the molecule is O=C(NCC=Cc1ccc2cnccc2c1)OCc1ccccc1. The molecule has 120 valence electrons. The molecule has 0 unspecified atom stereocenters. The lowest BCUT2D eigenvalue weighted by Gasteiger charge is -2.05. The van der Waals surface area contributed by atoms with Gasteiger partial charge in [-0.3, -0.25) is 4.98 Å². The van der Waals surface area contributed by atoms with Gasteiger partial charge in [0.15, 0.2) is 0 Å². The van der Waals surface area contributed by atoms with E-state index in [1.807, 2.05) is 66.9 Å². The number of nitrogens with zero attached hydrogens (tertiary/aromatic N) is 1. The molecule has 0 aliphatic carbocycles. The Morgan fingerprint density at radius 3 is 2.83 bits per heavy atom. The molecule has 0 atom stereocenters. The number of alkyl carbamates (subject to hydrolysis) is 1. The van der Waals surface area contributed by atoms with Crippen LogP contribution < -0.4 is 5.32 Å². The first-order chi connectivity index (χ1) is 11.8. The van der Waals surface area contributed by atoms with Crippen LogP contribution in [0.5, 0.6) is 0 Å². The first-order valence-corrected chi connectivity index (χ1v) is 7.76. The number of benzene rings is 2. The van der Waals surface area contributed by atoms with Gasteiger partial charge in [-0.25, -0.2) is 4.79 Å². The standard InChI is InChI=1S/C20H18N2O2/c23-20(24-15-17-5-2-1-3-6-17)22-11-4-7-16-8-9-19-14-21-12-10-18(19)13-16/h1-10,12-14H,11,15H2,(H,22,23). The summed E-state index contributed by atoms with van der Waals surface area (Å²) < 4.78 is 5.15. The molecule has 3 aromatic rings. The number of rotatable bonds is 5. The van der Waals surface area contributed by atoms with Gasteiger partial charge in [-0.15, -0.1) is 0 Å². The molecule has 4 heteroatoms. The van der Waals surface area contributed by atoms with Gasteiger partial charge in [-0.05, 0) is 28.6 Å². The minimum absolute atomic E-state index is 0.273. The molecule has 24 heavy (non-hydrogen) atoms. The van der Waals surface area contributed by atoms with Crippen LogP contribution in [0.4, 0.5) is 4.79 Å². The van der Waals surface area contributed by atoms with Crippen molar-refractivity contribution in [3.8, 4) is 0 Å². The summed E-state index contributed by atoms with van der Waals surface area (Å²) in [6.07, 6.45) is 7.06. The van der Waals surface area contributed by atoms with E-state index in [1.54, 1.807) is 6.20 Å². The minimum Gasteiger partial charge on any atom is -0.445 e. The minimum atomic E-state index is -0.423. The van der Waals surface area contributed by atoms with Crippen molar-refractivity contribution in [1.29, 1.82) is 0 Å². The lowest BCUT2D eigenvalue weighted by Crippen LogP contribution is -2.24. The second-order valence-electron chi connectivity index (χ2n) is 5.33. The highest BCUT2D eigenvalue weighted by Gasteiger charge is 2.00. The van der Waals surface area contributed by atoms with E-state index >= 15 is 0 Å². The third kappa shape index (κ3) is 4.43. The van der Waals surface area contributed by atoms with Crippen LogP contribution in [0, 0.1) is 0 Å². The van der Waals surface area contributed by atoms with Crippen LogP contribution in [0.1, 0.15) is 11.1 Å². The number of aromatic nitrogens is 1. The molecule has 0 fully saturated rings. The molecule has 0 bridgehead atoms. The molecule has 0 saturated heterocycles. The maximum atomic E-state index is 11.6. The highest BCUT2D eigenvalue weighted by molar-refractivity contribution is 5.83. The van der Waals surface area contributed by atoms with Gasteiger partial charge in [0.1, 0.15) is 6.61 Å². The van der Waals surface area contributed by atoms with E-state index < -0.39 is 6.09 Å². The van der Waals surface area contributed by atoms with Crippen LogP contribution in [0.15, 0.2) is 73.1 Å². The smallest absolute Gasteiger partial charge is 0.407 e. The Balaban J connectivity index is 1.46. The fourth-order valence-corrected chi connectivity index (χ4v) is 2.32. The fraction of sp³-hybridized carbons (Fsp3) is 0.100. The van der Waals surface area contributed by atoms with Crippen molar-refractivity contribution >= 4 is 22.9 Å². The molecule has 3 rings (SSSR count). The Morgan fingerprint density at radius 1 is 1.08 bits per heavy atom. The van der Waals surface area contributed by atoms with Crippen molar-refractivity contribution < 1.29 is 9.53 Å². The van der Waals surface area contributed by atoms with Gasteiger partial charge in [0.2, 0.25) is 0 Å². The number of ether oxygens (including phenoxy) is 1. The number of amides is 1. The summed E-state index contributed by atoms with van der Waals surface area (Å²) in [5.74, 6) is 0. The zero-order valence-corrected chi connectivity index (χ0v) is 13.2. The molecule has 0 spiro atoms. The lowest BCUT2D eigenvalue weighted by atomic mass is 10.1. The number of carbonyl (C=O) groups is 1. The number of carbonyl (C=O) groups excluding carboxylic acids is 1. The van der Waals surface area contributed by atoms with E-state index in [2.05, 4.69) is 16.4 Å². The van der Waals surface area contributed by atoms with Crippen LogP contribution in [0.25, 0.3) is 16.8 Å². The molecule has 0 saturated carbocycles. The monoisotopic (exact) mass is 318 g/mol.